The lowest BCUT2D eigenvalue weighted by molar-refractivity contribution is -0.870. The van der Waals surface area contributed by atoms with Crippen LogP contribution in [0, 0.1) is 0 Å². The molecule has 0 rings (SSSR count). The summed E-state index contributed by atoms with van der Waals surface area (Å²) in [5.74, 6) is -0.220. The van der Waals surface area contributed by atoms with Gasteiger partial charge in [-0.1, -0.05) is 172 Å². The largest absolute Gasteiger partial charge is 0.756 e. The molecule has 0 fully saturated rings. The Kier molecular flexibility index (Phi) is 36.4. The molecular weight excluding hydrogens is 695 g/mol. The van der Waals surface area contributed by atoms with E-state index in [9.17, 15) is 19.4 Å². The van der Waals surface area contributed by atoms with E-state index in [-0.39, 0.29) is 12.5 Å². The minimum Gasteiger partial charge on any atom is -0.756 e. The van der Waals surface area contributed by atoms with E-state index in [4.69, 9.17) is 9.05 Å². The van der Waals surface area contributed by atoms with E-state index in [1.807, 2.05) is 27.2 Å². The van der Waals surface area contributed by atoms with E-state index in [1.165, 1.54) is 109 Å². The standard InChI is InChI=1S/C45H87N2O6P/c1-6-8-10-12-14-16-18-19-20-21-22-23-24-25-26-27-28-29-30-32-34-36-38-44(48)43(42-53-54(50,51)52-41-40-47(3,4)5)46-45(49)39-37-35-33-31-17-15-13-11-9-7-2/h11,13,29-30,36,38,43-44,48H,6-10,12,14-28,31-35,37,39-42H2,1-5H3,(H-,46,49,50,51)/b13-11-,30-29+,38-36+. The number of nitrogens with zero attached hydrogens (tertiary/aromatic N) is 1. The first-order chi connectivity index (χ1) is 26.0. The van der Waals surface area contributed by atoms with Gasteiger partial charge >= 0.3 is 0 Å². The Bertz CT molecular complexity index is 980. The molecule has 9 heteroatoms. The van der Waals surface area contributed by atoms with Gasteiger partial charge in [-0.2, -0.15) is 0 Å². The number of amides is 1. The average Bonchev–Trinajstić information content (AvgIpc) is 3.12. The number of phosphoric ester groups is 1. The maximum absolute atomic E-state index is 12.8. The summed E-state index contributed by atoms with van der Waals surface area (Å²) in [5, 5.41) is 13.7. The van der Waals surface area contributed by atoms with Crippen molar-refractivity contribution in [1.82, 2.24) is 5.32 Å². The van der Waals surface area contributed by atoms with Gasteiger partial charge in [-0.25, -0.2) is 0 Å². The number of hydrogen-bond acceptors (Lipinski definition) is 6. The molecule has 0 aliphatic heterocycles. The van der Waals surface area contributed by atoms with Crippen LogP contribution in [-0.4, -0.2) is 68.5 Å². The number of phosphoric acid groups is 1. The maximum Gasteiger partial charge on any atom is 0.268 e. The third-order valence-corrected chi connectivity index (χ3v) is 10.8. The van der Waals surface area contributed by atoms with Crippen molar-refractivity contribution in [2.75, 3.05) is 40.9 Å². The van der Waals surface area contributed by atoms with Gasteiger partial charge in [0.25, 0.3) is 7.82 Å². The minimum absolute atomic E-state index is 0.00815. The van der Waals surface area contributed by atoms with Crippen molar-refractivity contribution in [2.45, 2.75) is 206 Å². The van der Waals surface area contributed by atoms with Crippen molar-refractivity contribution < 1.29 is 32.9 Å². The Morgan fingerprint density at radius 1 is 0.630 bits per heavy atom. The number of aliphatic hydroxyl groups is 1. The van der Waals surface area contributed by atoms with Crippen molar-refractivity contribution in [3.8, 4) is 0 Å². The number of carbonyl (C=O) groups excluding carboxylic acids is 1. The molecule has 0 radical (unpaired) electrons. The molecular formula is C45H87N2O6P. The lowest BCUT2D eigenvalue weighted by Crippen LogP contribution is -2.45. The molecule has 0 bridgehead atoms. The minimum atomic E-state index is -4.59. The van der Waals surface area contributed by atoms with E-state index >= 15 is 0 Å². The highest BCUT2D eigenvalue weighted by atomic mass is 31.2. The van der Waals surface area contributed by atoms with E-state index in [0.717, 1.165) is 64.2 Å². The Hall–Kier alpha value is -1.28. The van der Waals surface area contributed by atoms with Gasteiger partial charge in [0.15, 0.2) is 0 Å². The summed E-state index contributed by atoms with van der Waals surface area (Å²) < 4.78 is 23.1. The molecule has 0 heterocycles. The molecule has 0 aromatic heterocycles. The van der Waals surface area contributed by atoms with Gasteiger partial charge in [0.05, 0.1) is 39.9 Å². The molecule has 1 amide bonds. The number of hydrogen-bond donors (Lipinski definition) is 2. The number of allylic oxidation sites excluding steroid dienone is 5. The molecule has 8 nitrogen and oxygen atoms in total. The Morgan fingerprint density at radius 2 is 1.07 bits per heavy atom. The molecule has 3 unspecified atom stereocenters. The molecule has 0 aliphatic rings. The monoisotopic (exact) mass is 783 g/mol. The smallest absolute Gasteiger partial charge is 0.268 e. The van der Waals surface area contributed by atoms with E-state index in [1.54, 1.807) is 6.08 Å². The number of carbonyl (C=O) groups is 1. The fraction of sp³-hybridized carbons (Fsp3) is 0.844. The zero-order valence-electron chi connectivity index (χ0n) is 35.9. The number of unbranched alkanes of at least 4 members (excludes halogenated alkanes) is 23. The van der Waals surface area contributed by atoms with Gasteiger partial charge in [-0.05, 0) is 51.4 Å². The second-order valence-electron chi connectivity index (χ2n) is 16.4. The second kappa shape index (κ2) is 37.3. The highest BCUT2D eigenvalue weighted by molar-refractivity contribution is 7.45. The fourth-order valence-corrected chi connectivity index (χ4v) is 6.95. The lowest BCUT2D eigenvalue weighted by Gasteiger charge is -2.29. The van der Waals surface area contributed by atoms with Gasteiger partial charge in [-0.3, -0.25) is 9.36 Å². The molecule has 2 N–H and O–H groups in total. The third-order valence-electron chi connectivity index (χ3n) is 9.80. The molecule has 0 saturated carbocycles. The first-order valence-electron chi connectivity index (χ1n) is 22.4. The number of quaternary nitrogens is 1. The molecule has 0 aliphatic carbocycles. The average molecular weight is 783 g/mol. The van der Waals surface area contributed by atoms with Crippen LogP contribution < -0.4 is 10.2 Å². The molecule has 3 atom stereocenters. The lowest BCUT2D eigenvalue weighted by atomic mass is 10.0. The van der Waals surface area contributed by atoms with Gasteiger partial charge in [0, 0.05) is 6.42 Å². The zero-order valence-corrected chi connectivity index (χ0v) is 36.8. The SMILES string of the molecule is CCC/C=C\CCCCCCCC(=O)NC(COP(=O)([O-])OCC[N+](C)(C)C)C(O)/C=C/CC/C=C/CCCCCCCCCCCCCCCCCC. The second-order valence-corrected chi connectivity index (χ2v) is 17.8. The molecule has 54 heavy (non-hydrogen) atoms. The summed E-state index contributed by atoms with van der Waals surface area (Å²) in [6.45, 7) is 4.55. The summed E-state index contributed by atoms with van der Waals surface area (Å²) in [5.41, 5.74) is 0. The van der Waals surface area contributed by atoms with Gasteiger partial charge in [0.2, 0.25) is 5.91 Å². The quantitative estimate of drug-likeness (QED) is 0.0277. The summed E-state index contributed by atoms with van der Waals surface area (Å²) in [6, 6.07) is -0.904. The Morgan fingerprint density at radius 3 is 1.57 bits per heavy atom. The van der Waals surface area contributed by atoms with E-state index in [0.29, 0.717) is 17.4 Å². The van der Waals surface area contributed by atoms with Crippen LogP contribution in [0.4, 0.5) is 0 Å². The van der Waals surface area contributed by atoms with Crippen LogP contribution in [0.2, 0.25) is 0 Å². The van der Waals surface area contributed by atoms with Crippen LogP contribution in [-0.2, 0) is 18.4 Å². The van der Waals surface area contributed by atoms with Crippen LogP contribution in [0.1, 0.15) is 194 Å². The van der Waals surface area contributed by atoms with Crippen molar-refractivity contribution in [3.63, 3.8) is 0 Å². The number of rotatable bonds is 40. The molecule has 0 aromatic rings. The van der Waals surface area contributed by atoms with Gasteiger partial charge < -0.3 is 28.8 Å². The summed E-state index contributed by atoms with van der Waals surface area (Å²) >= 11 is 0. The Labute approximate surface area is 334 Å². The van der Waals surface area contributed by atoms with Crippen LogP contribution in [0.5, 0.6) is 0 Å². The number of aliphatic hydroxyl groups excluding tert-OH is 1. The van der Waals surface area contributed by atoms with E-state index in [2.05, 4.69) is 43.5 Å². The third kappa shape index (κ3) is 39.0. The molecule has 0 spiro atoms. The molecule has 318 valence electrons. The van der Waals surface area contributed by atoms with Crippen molar-refractivity contribution >= 4 is 13.7 Å². The summed E-state index contributed by atoms with van der Waals surface area (Å²) in [7, 11) is 1.24. The first-order valence-corrected chi connectivity index (χ1v) is 23.8. The number of likely N-dealkylation sites (N-methyl/N-ethyl adjacent to an activating group) is 1. The fourth-order valence-electron chi connectivity index (χ4n) is 6.23. The highest BCUT2D eigenvalue weighted by Gasteiger charge is 2.23. The predicted molar refractivity (Wildman–Crippen MR) is 228 cm³/mol. The maximum atomic E-state index is 12.8. The van der Waals surface area contributed by atoms with Crippen molar-refractivity contribution in [2.24, 2.45) is 0 Å². The predicted octanol–water partition coefficient (Wildman–Crippen LogP) is 11.7. The Balaban J connectivity index is 4.37. The topological polar surface area (TPSA) is 108 Å². The summed E-state index contributed by atoms with van der Waals surface area (Å²) in [6.07, 6.45) is 45.0. The van der Waals surface area contributed by atoms with Crippen LogP contribution in [0.3, 0.4) is 0 Å². The van der Waals surface area contributed by atoms with Crippen LogP contribution in [0.15, 0.2) is 36.5 Å². The first kappa shape index (κ1) is 52.7. The van der Waals surface area contributed by atoms with Crippen LogP contribution in [0.25, 0.3) is 0 Å². The summed E-state index contributed by atoms with van der Waals surface area (Å²) in [4.78, 5) is 25.2. The zero-order chi connectivity index (χ0) is 40.0. The normalized spacial score (nSPS) is 14.7. The van der Waals surface area contributed by atoms with E-state index < -0.39 is 26.6 Å². The number of nitrogens with one attached hydrogen (secondary N) is 1. The molecule has 0 aromatic carbocycles. The van der Waals surface area contributed by atoms with Crippen molar-refractivity contribution in [1.29, 1.82) is 0 Å². The van der Waals surface area contributed by atoms with Gasteiger partial charge in [0.1, 0.15) is 13.2 Å². The van der Waals surface area contributed by atoms with Gasteiger partial charge in [-0.15, -0.1) is 0 Å². The molecule has 0 saturated heterocycles. The highest BCUT2D eigenvalue weighted by Crippen LogP contribution is 2.38. The van der Waals surface area contributed by atoms with Crippen molar-refractivity contribution in [3.05, 3.63) is 36.5 Å². The van der Waals surface area contributed by atoms with Crippen LogP contribution >= 0.6 is 7.82 Å².